The number of carbonyl (C=O) groups excluding carboxylic acids is 2. The quantitative estimate of drug-likeness (QED) is 0.541. The molecular formula is C26H31ClN2O3. The minimum absolute atomic E-state index is 0.00949. The van der Waals surface area contributed by atoms with Gasteiger partial charge in [-0.05, 0) is 61.4 Å². The number of hydrogen-bond donors (Lipinski definition) is 1. The van der Waals surface area contributed by atoms with Crippen molar-refractivity contribution in [2.45, 2.75) is 58.4 Å². The zero-order valence-corrected chi connectivity index (χ0v) is 19.4. The largest absolute Gasteiger partial charge is 0.482 e. The van der Waals surface area contributed by atoms with Gasteiger partial charge in [-0.1, -0.05) is 56.0 Å². The molecule has 2 aromatic rings. The van der Waals surface area contributed by atoms with Gasteiger partial charge in [-0.2, -0.15) is 0 Å². The third-order valence-electron chi connectivity index (χ3n) is 6.64. The summed E-state index contributed by atoms with van der Waals surface area (Å²) in [6, 6.07) is 13.0. The van der Waals surface area contributed by atoms with Gasteiger partial charge in [-0.25, -0.2) is 0 Å². The molecule has 4 rings (SSSR count). The van der Waals surface area contributed by atoms with Gasteiger partial charge in [-0.15, -0.1) is 0 Å². The molecule has 0 aromatic heterocycles. The minimum Gasteiger partial charge on any atom is -0.482 e. The summed E-state index contributed by atoms with van der Waals surface area (Å²) in [5, 5.41) is 3.69. The second-order valence-corrected chi connectivity index (χ2v) is 9.30. The van der Waals surface area contributed by atoms with Crippen molar-refractivity contribution in [3.63, 3.8) is 0 Å². The Balaban J connectivity index is 1.44. The van der Waals surface area contributed by atoms with E-state index < -0.39 is 0 Å². The number of nitrogens with one attached hydrogen (secondary N) is 1. The van der Waals surface area contributed by atoms with Crippen LogP contribution < -0.4 is 15.0 Å². The number of halogens is 1. The number of ether oxygens (including phenoxy) is 1. The lowest BCUT2D eigenvalue weighted by Gasteiger charge is -2.30. The number of unbranched alkanes of at least 4 members (excludes halogenated alkanes) is 1. The van der Waals surface area contributed by atoms with E-state index in [0.29, 0.717) is 28.7 Å². The third kappa shape index (κ3) is 5.26. The van der Waals surface area contributed by atoms with Crippen LogP contribution in [0.1, 0.15) is 57.4 Å². The Hall–Kier alpha value is -2.53. The van der Waals surface area contributed by atoms with E-state index in [9.17, 15) is 9.59 Å². The number of fused-ring (bicyclic) bond motifs is 1. The van der Waals surface area contributed by atoms with Crippen LogP contribution in [0.2, 0.25) is 5.02 Å². The smallest absolute Gasteiger partial charge is 0.265 e. The van der Waals surface area contributed by atoms with E-state index in [1.54, 1.807) is 4.90 Å². The van der Waals surface area contributed by atoms with Crippen molar-refractivity contribution in [2.24, 2.45) is 11.8 Å². The predicted molar refractivity (Wildman–Crippen MR) is 128 cm³/mol. The summed E-state index contributed by atoms with van der Waals surface area (Å²) < 4.78 is 5.62. The van der Waals surface area contributed by atoms with E-state index in [0.717, 1.165) is 37.2 Å². The Bertz CT molecular complexity index is 969. The van der Waals surface area contributed by atoms with Crippen LogP contribution >= 0.6 is 11.6 Å². The third-order valence-corrected chi connectivity index (χ3v) is 7.01. The molecule has 0 atom stereocenters. The highest BCUT2D eigenvalue weighted by molar-refractivity contribution is 6.31. The topological polar surface area (TPSA) is 58.6 Å². The average molecular weight is 455 g/mol. The van der Waals surface area contributed by atoms with E-state index >= 15 is 0 Å². The molecule has 5 nitrogen and oxygen atoms in total. The van der Waals surface area contributed by atoms with Crippen molar-refractivity contribution >= 4 is 34.8 Å². The van der Waals surface area contributed by atoms with Crippen LogP contribution in [-0.4, -0.2) is 18.4 Å². The molecule has 0 spiro atoms. The lowest BCUT2D eigenvalue weighted by atomic mass is 9.79. The van der Waals surface area contributed by atoms with Crippen LogP contribution in [0.3, 0.4) is 0 Å². The molecular weight excluding hydrogens is 424 g/mol. The zero-order chi connectivity index (χ0) is 22.5. The van der Waals surface area contributed by atoms with Crippen LogP contribution in [0.25, 0.3) is 0 Å². The van der Waals surface area contributed by atoms with Crippen LogP contribution in [0, 0.1) is 11.8 Å². The van der Waals surface area contributed by atoms with Crippen molar-refractivity contribution in [3.8, 4) is 5.75 Å². The fraction of sp³-hybridized carbons (Fsp3) is 0.462. The molecule has 1 heterocycles. The number of hydrogen-bond acceptors (Lipinski definition) is 3. The normalized spacial score (nSPS) is 20.4. The molecule has 2 amide bonds. The van der Waals surface area contributed by atoms with E-state index in [2.05, 4.69) is 12.2 Å². The molecule has 1 N–H and O–H groups in total. The first-order valence-electron chi connectivity index (χ1n) is 11.7. The Morgan fingerprint density at radius 1 is 1.16 bits per heavy atom. The Labute approximate surface area is 195 Å². The number of amides is 2. The number of benzene rings is 2. The first-order chi connectivity index (χ1) is 15.5. The molecule has 0 bridgehead atoms. The molecule has 32 heavy (non-hydrogen) atoms. The van der Waals surface area contributed by atoms with Gasteiger partial charge < -0.3 is 15.0 Å². The average Bonchev–Trinajstić information content (AvgIpc) is 2.81. The van der Waals surface area contributed by atoms with Crippen LogP contribution in [0.15, 0.2) is 42.5 Å². The summed E-state index contributed by atoms with van der Waals surface area (Å²) in [6.07, 6.45) is 7.97. The maximum absolute atomic E-state index is 12.9. The van der Waals surface area contributed by atoms with Crippen LogP contribution in [0.5, 0.6) is 5.75 Å². The first kappa shape index (κ1) is 22.7. The van der Waals surface area contributed by atoms with Gasteiger partial charge in [-0.3, -0.25) is 9.59 Å². The Kier molecular flexibility index (Phi) is 7.36. The summed E-state index contributed by atoms with van der Waals surface area (Å²) >= 11 is 6.32. The lowest BCUT2D eigenvalue weighted by Crippen LogP contribution is -2.38. The summed E-state index contributed by atoms with van der Waals surface area (Å²) in [5.74, 6) is 1.39. The molecule has 2 aromatic carbocycles. The molecule has 0 saturated heterocycles. The molecule has 0 unspecified atom stereocenters. The molecule has 170 valence electrons. The standard InChI is InChI=1S/C26H31ClN2O3/c1-2-3-6-18-9-11-19(12-10-18)26(31)28-21-13-14-24-23(15-21)29(25(30)17-32-24)16-20-7-4-5-8-22(20)27/h4-5,7-8,13-15,18-19H,2-3,6,9-12,16-17H2,1H3,(H,28,31). The fourth-order valence-corrected chi connectivity index (χ4v) is 4.90. The lowest BCUT2D eigenvalue weighted by molar-refractivity contribution is -0.121. The minimum atomic E-state index is -0.133. The number of rotatable bonds is 7. The molecule has 2 aliphatic rings. The highest BCUT2D eigenvalue weighted by atomic mass is 35.5. The van der Waals surface area contributed by atoms with E-state index in [1.165, 1.54) is 19.3 Å². The second kappa shape index (κ2) is 10.4. The van der Waals surface area contributed by atoms with Crippen molar-refractivity contribution in [1.82, 2.24) is 0 Å². The van der Waals surface area contributed by atoms with Gasteiger partial charge in [0.25, 0.3) is 5.91 Å². The summed E-state index contributed by atoms with van der Waals surface area (Å²) in [4.78, 5) is 27.2. The van der Waals surface area contributed by atoms with Gasteiger partial charge >= 0.3 is 0 Å². The summed E-state index contributed by atoms with van der Waals surface area (Å²) in [5.41, 5.74) is 2.20. The van der Waals surface area contributed by atoms with Crippen molar-refractivity contribution in [2.75, 3.05) is 16.8 Å². The first-order valence-corrected chi connectivity index (χ1v) is 12.0. The van der Waals surface area contributed by atoms with Gasteiger partial charge in [0.2, 0.25) is 5.91 Å². The SMILES string of the molecule is CCCCC1CCC(C(=O)Nc2ccc3c(c2)N(Cc2ccccc2Cl)C(=O)CO3)CC1. The van der Waals surface area contributed by atoms with E-state index in [-0.39, 0.29) is 24.3 Å². The number of anilines is 2. The molecule has 6 heteroatoms. The predicted octanol–water partition coefficient (Wildman–Crippen LogP) is 6.20. The number of carbonyl (C=O) groups is 2. The zero-order valence-electron chi connectivity index (χ0n) is 18.6. The Morgan fingerprint density at radius 2 is 1.94 bits per heavy atom. The van der Waals surface area contributed by atoms with Crippen molar-refractivity contribution < 1.29 is 14.3 Å². The molecule has 1 aliphatic heterocycles. The highest BCUT2D eigenvalue weighted by Gasteiger charge is 2.28. The molecule has 1 saturated carbocycles. The second-order valence-electron chi connectivity index (χ2n) is 8.89. The van der Waals surface area contributed by atoms with Crippen LogP contribution in [0.4, 0.5) is 11.4 Å². The maximum Gasteiger partial charge on any atom is 0.265 e. The van der Waals surface area contributed by atoms with Gasteiger partial charge in [0, 0.05) is 16.6 Å². The summed E-state index contributed by atoms with van der Waals surface area (Å²) in [7, 11) is 0. The van der Waals surface area contributed by atoms with E-state index in [4.69, 9.17) is 16.3 Å². The van der Waals surface area contributed by atoms with Gasteiger partial charge in [0.1, 0.15) is 5.75 Å². The fourth-order valence-electron chi connectivity index (χ4n) is 4.70. The number of nitrogens with zero attached hydrogens (tertiary/aromatic N) is 1. The molecule has 0 radical (unpaired) electrons. The van der Waals surface area contributed by atoms with Gasteiger partial charge in [0.15, 0.2) is 6.61 Å². The highest BCUT2D eigenvalue weighted by Crippen LogP contribution is 2.37. The van der Waals surface area contributed by atoms with Crippen molar-refractivity contribution in [1.29, 1.82) is 0 Å². The maximum atomic E-state index is 12.9. The molecule has 1 fully saturated rings. The summed E-state index contributed by atoms with van der Waals surface area (Å²) in [6.45, 7) is 2.57. The molecule has 1 aliphatic carbocycles. The van der Waals surface area contributed by atoms with Crippen molar-refractivity contribution in [3.05, 3.63) is 53.1 Å². The monoisotopic (exact) mass is 454 g/mol. The van der Waals surface area contributed by atoms with Gasteiger partial charge in [0.05, 0.1) is 12.2 Å². The van der Waals surface area contributed by atoms with E-state index in [1.807, 2.05) is 42.5 Å². The Morgan fingerprint density at radius 3 is 2.69 bits per heavy atom. The van der Waals surface area contributed by atoms with Crippen LogP contribution in [-0.2, 0) is 16.1 Å².